The van der Waals surface area contributed by atoms with Gasteiger partial charge in [-0.05, 0) is 49.7 Å². The zero-order valence-corrected chi connectivity index (χ0v) is 15.4. The van der Waals surface area contributed by atoms with Crippen molar-refractivity contribution in [2.45, 2.75) is 18.7 Å². The van der Waals surface area contributed by atoms with E-state index in [1.165, 1.54) is 0 Å². The normalized spacial score (nSPS) is 16.4. The number of benzene rings is 2. The first kappa shape index (κ1) is 17.3. The maximum Gasteiger partial charge on any atom is 0.243 e. The minimum absolute atomic E-state index is 0.410. The Balaban J connectivity index is 1.75. The largest absolute Gasteiger partial charge is 0.369 e. The molecule has 0 aromatic heterocycles. The maximum absolute atomic E-state index is 12.9. The smallest absolute Gasteiger partial charge is 0.243 e. The molecule has 1 aliphatic rings. The predicted molar refractivity (Wildman–Crippen MR) is 98.3 cm³/mol. The van der Waals surface area contributed by atoms with E-state index in [4.69, 9.17) is 11.6 Å². The van der Waals surface area contributed by atoms with Gasteiger partial charge in [-0.2, -0.15) is 4.31 Å². The summed E-state index contributed by atoms with van der Waals surface area (Å²) in [6.45, 7) is 6.13. The molecule has 0 spiro atoms. The Morgan fingerprint density at radius 3 is 2.12 bits per heavy atom. The monoisotopic (exact) mass is 364 g/mol. The van der Waals surface area contributed by atoms with Crippen LogP contribution in [-0.2, 0) is 10.0 Å². The number of rotatable bonds is 3. The van der Waals surface area contributed by atoms with Gasteiger partial charge in [-0.1, -0.05) is 29.3 Å². The van der Waals surface area contributed by atoms with Crippen molar-refractivity contribution in [1.82, 2.24) is 4.31 Å². The van der Waals surface area contributed by atoms with Crippen LogP contribution in [0, 0.1) is 13.8 Å². The molecule has 0 amide bonds. The molecule has 0 radical (unpaired) electrons. The van der Waals surface area contributed by atoms with Gasteiger partial charge in [0.2, 0.25) is 10.0 Å². The van der Waals surface area contributed by atoms with Crippen molar-refractivity contribution in [2.24, 2.45) is 0 Å². The fraction of sp³-hybridized carbons (Fsp3) is 0.333. The van der Waals surface area contributed by atoms with Crippen LogP contribution in [0.5, 0.6) is 0 Å². The van der Waals surface area contributed by atoms with Crippen LogP contribution in [0.3, 0.4) is 0 Å². The van der Waals surface area contributed by atoms with E-state index in [1.54, 1.807) is 10.4 Å². The minimum atomic E-state index is -3.44. The second-order valence-corrected chi connectivity index (χ2v) is 8.48. The Morgan fingerprint density at radius 2 is 1.54 bits per heavy atom. The second kappa shape index (κ2) is 6.75. The molecule has 1 heterocycles. The lowest BCUT2D eigenvalue weighted by molar-refractivity contribution is 0.384. The molecule has 0 saturated carbocycles. The summed E-state index contributed by atoms with van der Waals surface area (Å²) in [6.07, 6.45) is 0. The number of aryl methyl sites for hydroxylation is 2. The van der Waals surface area contributed by atoms with Crippen LogP contribution in [-0.4, -0.2) is 38.9 Å². The van der Waals surface area contributed by atoms with Gasteiger partial charge in [-0.25, -0.2) is 8.42 Å². The van der Waals surface area contributed by atoms with Gasteiger partial charge in [-0.3, -0.25) is 0 Å². The SMILES string of the molecule is Cc1ccc(S(=O)(=O)N2CCN(c3ccc(Cl)cc3)CC2)c(C)c1. The maximum atomic E-state index is 12.9. The molecule has 2 aromatic carbocycles. The third-order valence-electron chi connectivity index (χ3n) is 4.38. The lowest BCUT2D eigenvalue weighted by Crippen LogP contribution is -2.48. The molecular formula is C18H21ClN2O2S. The Labute approximate surface area is 148 Å². The van der Waals surface area contributed by atoms with Crippen molar-refractivity contribution >= 4 is 27.3 Å². The number of piperazine rings is 1. The van der Waals surface area contributed by atoms with Crippen molar-refractivity contribution in [3.05, 3.63) is 58.6 Å². The van der Waals surface area contributed by atoms with E-state index < -0.39 is 10.0 Å². The third kappa shape index (κ3) is 3.43. The molecule has 0 bridgehead atoms. The molecule has 4 nitrogen and oxygen atoms in total. The zero-order valence-electron chi connectivity index (χ0n) is 13.9. The molecule has 0 aliphatic carbocycles. The average Bonchev–Trinajstić information content (AvgIpc) is 2.55. The summed E-state index contributed by atoms with van der Waals surface area (Å²) < 4.78 is 27.4. The van der Waals surface area contributed by atoms with Crippen LogP contribution in [0.2, 0.25) is 5.02 Å². The summed E-state index contributed by atoms with van der Waals surface area (Å²) in [5.74, 6) is 0. The summed E-state index contributed by atoms with van der Waals surface area (Å²) in [5.41, 5.74) is 2.94. The molecule has 1 saturated heterocycles. The molecule has 0 unspecified atom stereocenters. The van der Waals surface area contributed by atoms with Gasteiger partial charge < -0.3 is 4.90 Å². The minimum Gasteiger partial charge on any atom is -0.369 e. The zero-order chi connectivity index (χ0) is 17.3. The molecule has 1 fully saturated rings. The molecule has 6 heteroatoms. The van der Waals surface area contributed by atoms with Gasteiger partial charge in [0.05, 0.1) is 4.90 Å². The number of anilines is 1. The Kier molecular flexibility index (Phi) is 4.85. The van der Waals surface area contributed by atoms with E-state index in [1.807, 2.05) is 50.2 Å². The molecular weight excluding hydrogens is 344 g/mol. The summed E-state index contributed by atoms with van der Waals surface area (Å²) in [4.78, 5) is 2.60. The Hall–Kier alpha value is -1.56. The summed E-state index contributed by atoms with van der Waals surface area (Å²) in [5, 5.41) is 0.704. The van der Waals surface area contributed by atoms with Gasteiger partial charge >= 0.3 is 0 Å². The van der Waals surface area contributed by atoms with Crippen molar-refractivity contribution in [1.29, 1.82) is 0 Å². The lowest BCUT2D eigenvalue weighted by atomic mass is 10.2. The van der Waals surface area contributed by atoms with Crippen molar-refractivity contribution in [3.63, 3.8) is 0 Å². The number of hydrogen-bond acceptors (Lipinski definition) is 3. The van der Waals surface area contributed by atoms with E-state index in [-0.39, 0.29) is 0 Å². The number of halogens is 1. The highest BCUT2D eigenvalue weighted by molar-refractivity contribution is 7.89. The van der Waals surface area contributed by atoms with E-state index in [9.17, 15) is 8.42 Å². The van der Waals surface area contributed by atoms with Crippen LogP contribution < -0.4 is 4.90 Å². The third-order valence-corrected chi connectivity index (χ3v) is 6.69. The Bertz CT molecular complexity index is 827. The van der Waals surface area contributed by atoms with Gasteiger partial charge in [0.15, 0.2) is 0 Å². The standard InChI is InChI=1S/C18H21ClN2O2S/c1-14-3-8-18(15(2)13-14)24(22,23)21-11-9-20(10-12-21)17-6-4-16(19)5-7-17/h3-8,13H,9-12H2,1-2H3. The van der Waals surface area contributed by atoms with Crippen LogP contribution in [0.15, 0.2) is 47.4 Å². The highest BCUT2D eigenvalue weighted by Gasteiger charge is 2.29. The molecule has 1 aliphatic heterocycles. The highest BCUT2D eigenvalue weighted by atomic mass is 35.5. The Morgan fingerprint density at radius 1 is 0.917 bits per heavy atom. The van der Waals surface area contributed by atoms with Gasteiger partial charge in [0.1, 0.15) is 0 Å². The van der Waals surface area contributed by atoms with E-state index in [2.05, 4.69) is 4.90 Å². The number of hydrogen-bond donors (Lipinski definition) is 0. The highest BCUT2D eigenvalue weighted by Crippen LogP contribution is 2.24. The van der Waals surface area contributed by atoms with Gasteiger partial charge in [-0.15, -0.1) is 0 Å². The van der Waals surface area contributed by atoms with E-state index in [0.717, 1.165) is 16.8 Å². The second-order valence-electron chi connectivity index (χ2n) is 6.14. The summed E-state index contributed by atoms with van der Waals surface area (Å²) in [7, 11) is -3.44. The number of sulfonamides is 1. The molecule has 128 valence electrons. The van der Waals surface area contributed by atoms with Crippen molar-refractivity contribution in [2.75, 3.05) is 31.1 Å². The van der Waals surface area contributed by atoms with Crippen LogP contribution in [0.25, 0.3) is 0 Å². The van der Waals surface area contributed by atoms with Crippen molar-refractivity contribution in [3.8, 4) is 0 Å². The quantitative estimate of drug-likeness (QED) is 0.837. The average molecular weight is 365 g/mol. The van der Waals surface area contributed by atoms with Gasteiger partial charge in [0.25, 0.3) is 0 Å². The lowest BCUT2D eigenvalue weighted by Gasteiger charge is -2.35. The molecule has 0 N–H and O–H groups in total. The van der Waals surface area contributed by atoms with Crippen LogP contribution in [0.4, 0.5) is 5.69 Å². The van der Waals surface area contributed by atoms with Crippen LogP contribution >= 0.6 is 11.6 Å². The molecule has 0 atom stereocenters. The van der Waals surface area contributed by atoms with Crippen molar-refractivity contribution < 1.29 is 8.42 Å². The number of nitrogens with zero attached hydrogens (tertiary/aromatic N) is 2. The first-order chi connectivity index (χ1) is 11.4. The summed E-state index contributed by atoms with van der Waals surface area (Å²) >= 11 is 5.92. The fourth-order valence-electron chi connectivity index (χ4n) is 3.07. The molecule has 2 aromatic rings. The van der Waals surface area contributed by atoms with E-state index in [0.29, 0.717) is 36.1 Å². The molecule has 24 heavy (non-hydrogen) atoms. The topological polar surface area (TPSA) is 40.6 Å². The van der Waals surface area contributed by atoms with E-state index >= 15 is 0 Å². The predicted octanol–water partition coefficient (Wildman–Crippen LogP) is 3.47. The van der Waals surface area contributed by atoms with Crippen LogP contribution in [0.1, 0.15) is 11.1 Å². The first-order valence-corrected chi connectivity index (χ1v) is 9.77. The first-order valence-electron chi connectivity index (χ1n) is 7.96. The fourth-order valence-corrected chi connectivity index (χ4v) is 4.82. The molecule has 3 rings (SSSR count). The van der Waals surface area contributed by atoms with Gasteiger partial charge in [0, 0.05) is 36.9 Å². The summed E-state index contributed by atoms with van der Waals surface area (Å²) in [6, 6.07) is 13.1.